The van der Waals surface area contributed by atoms with Crippen LogP contribution in [0.15, 0.2) is 39.8 Å². The Labute approximate surface area is 149 Å². The number of carbonyl (C=O) groups is 1. The van der Waals surface area contributed by atoms with Crippen LogP contribution in [-0.4, -0.2) is 45.5 Å². The minimum absolute atomic E-state index is 0.00376. The van der Waals surface area contributed by atoms with Crippen LogP contribution in [0.3, 0.4) is 0 Å². The maximum absolute atomic E-state index is 12.8. The van der Waals surface area contributed by atoms with Gasteiger partial charge in [0.15, 0.2) is 0 Å². The van der Waals surface area contributed by atoms with Crippen LogP contribution in [0.1, 0.15) is 19.3 Å². The molecule has 7 heteroatoms. The van der Waals surface area contributed by atoms with Crippen LogP contribution in [0.2, 0.25) is 0 Å². The van der Waals surface area contributed by atoms with E-state index in [1.807, 2.05) is 29.2 Å². The second kappa shape index (κ2) is 5.95. The number of benzene rings is 1. The highest BCUT2D eigenvalue weighted by atomic mass is 16.3. The average Bonchev–Trinajstić information content (AvgIpc) is 3.17. The van der Waals surface area contributed by atoms with Gasteiger partial charge in [-0.25, -0.2) is 4.98 Å². The molecular weight excluding hydrogens is 332 g/mol. The van der Waals surface area contributed by atoms with Gasteiger partial charge in [-0.05, 0) is 31.4 Å². The van der Waals surface area contributed by atoms with Crippen LogP contribution in [0, 0.1) is 0 Å². The Balaban J connectivity index is 1.44. The summed E-state index contributed by atoms with van der Waals surface area (Å²) in [6, 6.07) is 8.32. The third-order valence-electron chi connectivity index (χ3n) is 5.53. The van der Waals surface area contributed by atoms with Crippen molar-refractivity contribution in [2.24, 2.45) is 0 Å². The van der Waals surface area contributed by atoms with Gasteiger partial charge in [0.2, 0.25) is 11.5 Å². The number of amides is 1. The van der Waals surface area contributed by atoms with Crippen molar-refractivity contribution in [3.63, 3.8) is 0 Å². The number of para-hydroxylation sites is 1. The lowest BCUT2D eigenvalue weighted by molar-refractivity contribution is -0.132. The number of fused-ring (bicyclic) bond motifs is 5. The maximum Gasteiger partial charge on any atom is 0.297 e. The van der Waals surface area contributed by atoms with Crippen LogP contribution >= 0.6 is 0 Å². The molecular formula is C19H20N4O3. The molecule has 2 aliphatic heterocycles. The van der Waals surface area contributed by atoms with Crippen molar-refractivity contribution in [1.82, 2.24) is 19.8 Å². The summed E-state index contributed by atoms with van der Waals surface area (Å²) in [5.41, 5.74) is 1.07. The fourth-order valence-electron chi connectivity index (χ4n) is 4.14. The quantitative estimate of drug-likeness (QED) is 0.756. The highest BCUT2D eigenvalue weighted by Gasteiger charge is 2.31. The predicted octanol–water partition coefficient (Wildman–Crippen LogP) is 1.50. The fourth-order valence-corrected chi connectivity index (χ4v) is 4.14. The molecule has 1 aromatic carbocycles. The van der Waals surface area contributed by atoms with Crippen LogP contribution in [0.4, 0.5) is 0 Å². The van der Waals surface area contributed by atoms with E-state index in [1.54, 1.807) is 0 Å². The van der Waals surface area contributed by atoms with Crippen molar-refractivity contribution in [2.75, 3.05) is 13.1 Å². The summed E-state index contributed by atoms with van der Waals surface area (Å²) >= 11 is 0. The molecule has 134 valence electrons. The van der Waals surface area contributed by atoms with Crippen molar-refractivity contribution in [1.29, 1.82) is 0 Å². The van der Waals surface area contributed by atoms with E-state index in [4.69, 9.17) is 4.42 Å². The Kier molecular flexibility index (Phi) is 3.56. The molecule has 1 amide bonds. The number of rotatable bonds is 2. The van der Waals surface area contributed by atoms with E-state index >= 15 is 0 Å². The second-order valence-corrected chi connectivity index (χ2v) is 7.22. The third kappa shape index (κ3) is 2.50. The fraction of sp³-hybridized carbons (Fsp3) is 0.421. The monoisotopic (exact) mass is 352 g/mol. The molecule has 0 aliphatic carbocycles. The lowest BCUT2D eigenvalue weighted by Gasteiger charge is -2.24. The Morgan fingerprint density at radius 2 is 2.08 bits per heavy atom. The van der Waals surface area contributed by atoms with Crippen molar-refractivity contribution in [2.45, 2.75) is 37.9 Å². The normalized spacial score (nSPS) is 22.8. The first-order valence-electron chi connectivity index (χ1n) is 9.09. The molecule has 0 spiro atoms. The predicted molar refractivity (Wildman–Crippen MR) is 96.9 cm³/mol. The average molecular weight is 352 g/mol. The molecule has 0 radical (unpaired) electrons. The first-order chi connectivity index (χ1) is 12.7. The molecule has 2 saturated heterocycles. The molecule has 2 fully saturated rings. The van der Waals surface area contributed by atoms with Gasteiger partial charge in [0.05, 0.1) is 6.33 Å². The van der Waals surface area contributed by atoms with Crippen LogP contribution in [0.25, 0.3) is 22.1 Å². The summed E-state index contributed by atoms with van der Waals surface area (Å²) in [7, 11) is 0. The SMILES string of the molecule is O=C(Cn1cnc2c(oc3ccccc32)c1=O)N1CCC2CCC(C1)N2. The first kappa shape index (κ1) is 15.6. The molecule has 4 heterocycles. The number of nitrogens with zero attached hydrogens (tertiary/aromatic N) is 3. The minimum Gasteiger partial charge on any atom is -0.448 e. The molecule has 2 aromatic heterocycles. The number of hydrogen-bond donors (Lipinski definition) is 1. The molecule has 2 aliphatic rings. The Morgan fingerprint density at radius 1 is 1.23 bits per heavy atom. The van der Waals surface area contributed by atoms with Gasteiger partial charge in [0.25, 0.3) is 5.56 Å². The van der Waals surface area contributed by atoms with Crippen LogP contribution in [0.5, 0.6) is 0 Å². The zero-order valence-corrected chi connectivity index (χ0v) is 14.4. The number of carbonyl (C=O) groups excluding carboxylic acids is 1. The second-order valence-electron chi connectivity index (χ2n) is 7.22. The van der Waals surface area contributed by atoms with Gasteiger partial charge in [-0.1, -0.05) is 12.1 Å². The summed E-state index contributed by atoms with van der Waals surface area (Å²) in [5.74, 6) is -0.0429. The molecule has 7 nitrogen and oxygen atoms in total. The topological polar surface area (TPSA) is 80.4 Å². The highest BCUT2D eigenvalue weighted by molar-refractivity contribution is 6.01. The molecule has 1 N–H and O–H groups in total. The van der Waals surface area contributed by atoms with Crippen LogP contribution in [-0.2, 0) is 11.3 Å². The van der Waals surface area contributed by atoms with E-state index in [2.05, 4.69) is 10.3 Å². The summed E-state index contributed by atoms with van der Waals surface area (Å²) in [6.45, 7) is 1.45. The third-order valence-corrected chi connectivity index (χ3v) is 5.53. The Bertz CT molecular complexity index is 1050. The lowest BCUT2D eigenvalue weighted by Crippen LogP contribution is -2.41. The number of likely N-dealkylation sites (tertiary alicyclic amines) is 1. The van der Waals surface area contributed by atoms with E-state index < -0.39 is 0 Å². The summed E-state index contributed by atoms with van der Waals surface area (Å²) in [6.07, 6.45) is 4.73. The van der Waals surface area contributed by atoms with E-state index in [1.165, 1.54) is 17.3 Å². The van der Waals surface area contributed by atoms with E-state index in [0.717, 1.165) is 24.8 Å². The van der Waals surface area contributed by atoms with Gasteiger partial charge in [-0.3, -0.25) is 14.2 Å². The number of nitrogens with one attached hydrogen (secondary N) is 1. The highest BCUT2D eigenvalue weighted by Crippen LogP contribution is 2.24. The lowest BCUT2D eigenvalue weighted by atomic mass is 10.1. The zero-order chi connectivity index (χ0) is 17.7. The van der Waals surface area contributed by atoms with Gasteiger partial charge >= 0.3 is 0 Å². The van der Waals surface area contributed by atoms with E-state index in [-0.39, 0.29) is 23.6 Å². The van der Waals surface area contributed by atoms with Crippen molar-refractivity contribution >= 4 is 28.0 Å². The van der Waals surface area contributed by atoms with Gasteiger partial charge in [-0.2, -0.15) is 0 Å². The van der Waals surface area contributed by atoms with Gasteiger partial charge < -0.3 is 14.6 Å². The number of furan rings is 1. The largest absolute Gasteiger partial charge is 0.448 e. The summed E-state index contributed by atoms with van der Waals surface area (Å²) < 4.78 is 7.03. The van der Waals surface area contributed by atoms with Crippen molar-refractivity contribution in [3.05, 3.63) is 40.9 Å². The molecule has 2 bridgehead atoms. The Morgan fingerprint density at radius 3 is 3.00 bits per heavy atom. The van der Waals surface area contributed by atoms with Gasteiger partial charge in [0.1, 0.15) is 17.6 Å². The van der Waals surface area contributed by atoms with Crippen molar-refractivity contribution < 1.29 is 9.21 Å². The molecule has 2 unspecified atom stereocenters. The molecule has 5 rings (SSSR count). The molecule has 26 heavy (non-hydrogen) atoms. The Hall–Kier alpha value is -2.67. The van der Waals surface area contributed by atoms with E-state index in [9.17, 15) is 9.59 Å². The molecule has 0 saturated carbocycles. The van der Waals surface area contributed by atoms with Crippen LogP contribution < -0.4 is 10.9 Å². The van der Waals surface area contributed by atoms with Gasteiger partial charge in [-0.15, -0.1) is 0 Å². The first-order valence-corrected chi connectivity index (χ1v) is 9.09. The summed E-state index contributed by atoms with van der Waals surface area (Å²) in [5, 5.41) is 4.37. The smallest absolute Gasteiger partial charge is 0.297 e. The molecule has 3 aromatic rings. The van der Waals surface area contributed by atoms with Crippen molar-refractivity contribution in [3.8, 4) is 0 Å². The maximum atomic E-state index is 12.8. The summed E-state index contributed by atoms with van der Waals surface area (Å²) in [4.78, 5) is 31.7. The standard InChI is InChI=1S/C19H20N4O3/c24-16(22-8-7-12-5-6-13(9-22)21-12)10-23-11-20-17-14-3-1-2-4-15(14)26-18(17)19(23)25/h1-4,11-13,21H,5-10H2. The minimum atomic E-state index is -0.311. The zero-order valence-electron chi connectivity index (χ0n) is 14.4. The molecule has 2 atom stereocenters. The van der Waals surface area contributed by atoms with E-state index in [0.29, 0.717) is 29.7 Å². The number of hydrogen-bond acceptors (Lipinski definition) is 5. The van der Waals surface area contributed by atoms with Gasteiger partial charge in [0, 0.05) is 30.6 Å². The number of aromatic nitrogens is 2.